The average molecular weight is 477 g/mol. The van der Waals surface area contributed by atoms with Crippen molar-refractivity contribution in [3.8, 4) is 0 Å². The van der Waals surface area contributed by atoms with E-state index in [2.05, 4.69) is 0 Å². The monoisotopic (exact) mass is 476 g/mol. The first-order chi connectivity index (χ1) is 15.8. The van der Waals surface area contributed by atoms with Crippen LogP contribution in [0.1, 0.15) is 67.2 Å². The standard InChI is InChI=1S/C25H32O9/c1-12-15(28)10-25-20(33-21(29)34-25)18-23(6,8-7-9-24(18)11-30-24)19(32-14(3)27)17(31-13(2)26)16(12)22(25,4)5/h17-20H,7-11H2,1-6H3/t17-,18+,19+,20+,23-,24-,25-/m1/s1. The van der Waals surface area contributed by atoms with Crippen LogP contribution >= 0.6 is 0 Å². The number of carbonyl (C=O) groups excluding carboxylic acids is 4. The van der Waals surface area contributed by atoms with Crippen molar-refractivity contribution in [3.05, 3.63) is 11.1 Å². The number of ketones is 1. The number of carbonyl (C=O) groups is 4. The van der Waals surface area contributed by atoms with Gasteiger partial charge in [-0.1, -0.05) is 20.8 Å². The number of allylic oxidation sites excluding steroid dienone is 1. The van der Waals surface area contributed by atoms with E-state index in [0.29, 0.717) is 24.2 Å². The van der Waals surface area contributed by atoms with Crippen LogP contribution in [0.3, 0.4) is 0 Å². The molecule has 9 heteroatoms. The molecule has 0 aromatic heterocycles. The second-order valence-corrected chi connectivity index (χ2v) is 11.3. The van der Waals surface area contributed by atoms with Gasteiger partial charge in [0, 0.05) is 30.6 Å². The largest absolute Gasteiger partial charge is 0.509 e. The van der Waals surface area contributed by atoms with E-state index in [9.17, 15) is 19.2 Å². The van der Waals surface area contributed by atoms with E-state index in [1.54, 1.807) is 6.92 Å². The topological polar surface area (TPSA) is 118 Å². The zero-order valence-electron chi connectivity index (χ0n) is 20.5. The molecular weight excluding hydrogens is 444 g/mol. The maximum atomic E-state index is 13.4. The molecule has 2 heterocycles. The minimum Gasteiger partial charge on any atom is -0.458 e. The smallest absolute Gasteiger partial charge is 0.458 e. The molecule has 7 atom stereocenters. The molecule has 0 aromatic rings. The quantitative estimate of drug-likeness (QED) is 0.337. The molecule has 0 amide bonds. The fraction of sp³-hybridized carbons (Fsp3) is 0.760. The maximum absolute atomic E-state index is 13.4. The molecule has 2 aliphatic heterocycles. The van der Waals surface area contributed by atoms with Crippen LogP contribution in [0.25, 0.3) is 0 Å². The van der Waals surface area contributed by atoms with Gasteiger partial charge in [0.05, 0.1) is 18.6 Å². The first-order valence-electron chi connectivity index (χ1n) is 11.9. The van der Waals surface area contributed by atoms with Gasteiger partial charge in [0.25, 0.3) is 0 Å². The minimum atomic E-state index is -1.31. The number of epoxide rings is 1. The van der Waals surface area contributed by atoms with Crippen molar-refractivity contribution in [3.63, 3.8) is 0 Å². The molecule has 34 heavy (non-hydrogen) atoms. The molecule has 3 aliphatic carbocycles. The van der Waals surface area contributed by atoms with Crippen LogP contribution in [0.15, 0.2) is 11.1 Å². The van der Waals surface area contributed by atoms with E-state index in [1.165, 1.54) is 13.8 Å². The van der Waals surface area contributed by atoms with E-state index < -0.39 is 64.4 Å². The third kappa shape index (κ3) is 2.88. The summed E-state index contributed by atoms with van der Waals surface area (Å²) in [5.41, 5.74) is -2.72. The summed E-state index contributed by atoms with van der Waals surface area (Å²) in [6, 6.07) is 0. The lowest BCUT2D eigenvalue weighted by atomic mass is 9.47. The third-order valence-corrected chi connectivity index (χ3v) is 9.13. The van der Waals surface area contributed by atoms with Crippen LogP contribution in [0.2, 0.25) is 0 Å². The van der Waals surface area contributed by atoms with Gasteiger partial charge in [-0.3, -0.25) is 14.4 Å². The summed E-state index contributed by atoms with van der Waals surface area (Å²) in [6.07, 6.45) is -1.44. The zero-order chi connectivity index (χ0) is 24.8. The lowest BCUT2D eigenvalue weighted by Gasteiger charge is -2.60. The molecule has 0 N–H and O–H groups in total. The van der Waals surface area contributed by atoms with E-state index in [1.807, 2.05) is 20.8 Å². The first kappa shape index (κ1) is 23.3. The lowest BCUT2D eigenvalue weighted by molar-refractivity contribution is -0.214. The summed E-state index contributed by atoms with van der Waals surface area (Å²) in [5, 5.41) is 0. The molecule has 0 unspecified atom stereocenters. The Labute approximate surface area is 198 Å². The van der Waals surface area contributed by atoms with Gasteiger partial charge in [-0.15, -0.1) is 0 Å². The molecule has 186 valence electrons. The van der Waals surface area contributed by atoms with Gasteiger partial charge < -0.3 is 23.7 Å². The van der Waals surface area contributed by atoms with E-state index in [0.717, 1.165) is 12.8 Å². The Hall–Kier alpha value is -2.42. The Bertz CT molecular complexity index is 1020. The van der Waals surface area contributed by atoms with Crippen LogP contribution in [0.5, 0.6) is 0 Å². The fourth-order valence-corrected chi connectivity index (χ4v) is 7.60. The highest BCUT2D eigenvalue weighted by atomic mass is 16.8. The molecule has 2 spiro atoms. The Balaban J connectivity index is 1.85. The van der Waals surface area contributed by atoms with Gasteiger partial charge >= 0.3 is 18.1 Å². The number of Topliss-reactive ketones (excluding diaryl/α,β-unsaturated/α-hetero) is 1. The van der Waals surface area contributed by atoms with Crippen LogP contribution in [-0.2, 0) is 38.1 Å². The number of ether oxygens (including phenoxy) is 5. The van der Waals surface area contributed by atoms with Crippen molar-refractivity contribution in [2.75, 3.05) is 6.61 Å². The number of fused-ring (bicyclic) bond motifs is 4. The fourth-order valence-electron chi connectivity index (χ4n) is 7.60. The summed E-state index contributed by atoms with van der Waals surface area (Å²) >= 11 is 0. The number of rotatable bonds is 2. The van der Waals surface area contributed by atoms with Crippen molar-refractivity contribution in [2.45, 2.75) is 96.7 Å². The van der Waals surface area contributed by atoms with Crippen molar-refractivity contribution in [1.82, 2.24) is 0 Å². The van der Waals surface area contributed by atoms with Crippen LogP contribution in [-0.4, -0.2) is 60.0 Å². The molecule has 2 saturated carbocycles. The molecule has 2 bridgehead atoms. The lowest BCUT2D eigenvalue weighted by Crippen LogP contribution is -2.70. The van der Waals surface area contributed by atoms with Crippen molar-refractivity contribution in [2.24, 2.45) is 16.7 Å². The van der Waals surface area contributed by atoms with Gasteiger partial charge in [-0.25, -0.2) is 4.79 Å². The second kappa shape index (κ2) is 7.06. The van der Waals surface area contributed by atoms with E-state index in [4.69, 9.17) is 23.7 Å². The zero-order valence-corrected chi connectivity index (χ0v) is 20.5. The molecule has 2 saturated heterocycles. The SMILES string of the molecule is CC(=O)O[C@@H]1C2=C(C)C(=O)C[C@]3(OC(=O)O[C@H]3[C@@H]3[C@@]4(CCC[C@@]3(C)[C@H]1OC(C)=O)CO4)C2(C)C. The van der Waals surface area contributed by atoms with Gasteiger partial charge in [0.15, 0.2) is 23.6 Å². The molecule has 9 nitrogen and oxygen atoms in total. The van der Waals surface area contributed by atoms with Crippen LogP contribution in [0.4, 0.5) is 4.79 Å². The highest BCUT2D eigenvalue weighted by molar-refractivity contribution is 5.99. The molecule has 5 aliphatic rings. The number of hydrogen-bond acceptors (Lipinski definition) is 9. The average Bonchev–Trinajstić information content (AvgIpc) is 3.38. The summed E-state index contributed by atoms with van der Waals surface area (Å²) < 4.78 is 29.8. The molecule has 5 rings (SSSR count). The highest BCUT2D eigenvalue weighted by Gasteiger charge is 2.78. The van der Waals surface area contributed by atoms with E-state index in [-0.39, 0.29) is 12.2 Å². The minimum absolute atomic E-state index is 0.0422. The summed E-state index contributed by atoms with van der Waals surface area (Å²) in [4.78, 5) is 50.9. The van der Waals surface area contributed by atoms with Gasteiger partial charge in [0.1, 0.15) is 6.10 Å². The summed E-state index contributed by atoms with van der Waals surface area (Å²) in [7, 11) is 0. The normalized spacial score (nSPS) is 44.2. The molecular formula is C25H32O9. The predicted octanol–water partition coefficient (Wildman–Crippen LogP) is 3.03. The van der Waals surface area contributed by atoms with E-state index >= 15 is 0 Å². The second-order valence-electron chi connectivity index (χ2n) is 11.3. The number of esters is 2. The molecule has 0 aromatic carbocycles. The van der Waals surface area contributed by atoms with Crippen molar-refractivity contribution >= 4 is 23.9 Å². The molecule has 4 fully saturated rings. The van der Waals surface area contributed by atoms with Crippen molar-refractivity contribution < 1.29 is 42.9 Å². The summed E-state index contributed by atoms with van der Waals surface area (Å²) in [5.74, 6) is -1.74. The summed E-state index contributed by atoms with van der Waals surface area (Å²) in [6.45, 7) is 10.5. The first-order valence-corrected chi connectivity index (χ1v) is 11.9. The maximum Gasteiger partial charge on any atom is 0.509 e. The predicted molar refractivity (Wildman–Crippen MR) is 115 cm³/mol. The Morgan fingerprint density at radius 2 is 1.68 bits per heavy atom. The van der Waals surface area contributed by atoms with Gasteiger partial charge in [-0.2, -0.15) is 0 Å². The van der Waals surface area contributed by atoms with Crippen LogP contribution < -0.4 is 0 Å². The third-order valence-electron chi connectivity index (χ3n) is 9.13. The van der Waals surface area contributed by atoms with Crippen molar-refractivity contribution in [1.29, 1.82) is 0 Å². The highest BCUT2D eigenvalue weighted by Crippen LogP contribution is 2.67. The van der Waals surface area contributed by atoms with Gasteiger partial charge in [-0.05, 0) is 37.3 Å². The Kier molecular flexibility index (Phi) is 4.84. The molecule has 0 radical (unpaired) electrons. The number of hydrogen-bond donors (Lipinski definition) is 0. The Morgan fingerprint density at radius 3 is 2.26 bits per heavy atom. The van der Waals surface area contributed by atoms with Crippen LogP contribution in [0, 0.1) is 16.7 Å². The van der Waals surface area contributed by atoms with Gasteiger partial charge in [0.2, 0.25) is 0 Å². The Morgan fingerprint density at radius 1 is 1.03 bits per heavy atom.